The van der Waals surface area contributed by atoms with Crippen molar-refractivity contribution in [2.45, 2.75) is 203 Å². The van der Waals surface area contributed by atoms with Gasteiger partial charge >= 0.3 is 24.1 Å². The normalized spacial score (nSPS) is 14.7. The standard InChI is InChI=1S/C69H101N11O15S/c1-14-34-79(52(41(3)4)37-53(95-45(10)81)64-75-51(40-96-64)61(86)73-49(38-69(11,12)66(90)91)36-46-23-18-16-19-24-46)65(89)58(44(9)15-2)77-63(88)59(43(7)8)78(13)68(93)94-39-47-27-29-48(30-28-47)72-60(85)50(25-22-33-71-67(70)92)74-62(87)57(42(5)6)76-54(82)26-20-17-21-35-80-55(83)31-32-56(80)84/h16,18-19,23-24,27-32,40-44,49-50,52-53,57-59H,14-15,17,20-22,25-26,33-39H2,1-13H3,(H,72,85)(H,73,86)(H,74,87)(H,76,82)(H,77,88)(H,90,91)(H3,70,71,92)/t44-,49-,50-,52+,53+,57-,58-,59+/m0/s1. The van der Waals surface area contributed by atoms with Crippen molar-refractivity contribution in [1.82, 2.24) is 46.3 Å². The number of primary amides is 1. The van der Waals surface area contributed by atoms with Crippen molar-refractivity contribution >= 4 is 88.3 Å². The SMILES string of the molecule is CCCN(C(=O)[C@@H](NC(=O)[C@@H](C(C)C)N(C)C(=O)OCc1ccc(NC(=O)[C@H](CCCNC(N)=O)NC(=O)[C@@H](NC(=O)CCCCCN2C(=O)C=CC2=O)C(C)C)cc1)[C@@H](C)CC)[C@H](C[C@@H](OC(C)=O)c1nc(C(=O)N[C@@H](Cc2ccccc2)CC(C)(C)C(=O)O)cs1)C(C)C. The number of nitrogens with zero attached hydrogens (tertiary/aromatic N) is 4. The van der Waals surface area contributed by atoms with Crippen molar-refractivity contribution in [3.8, 4) is 0 Å². The van der Waals surface area contributed by atoms with Crippen molar-refractivity contribution < 1.29 is 72.1 Å². The Morgan fingerprint density at radius 1 is 0.760 bits per heavy atom. The summed E-state index contributed by atoms with van der Waals surface area (Å²) in [5.74, 6) is -6.95. The number of carbonyl (C=O) groups is 12. The second kappa shape index (κ2) is 38.7. The highest BCUT2D eigenvalue weighted by Crippen LogP contribution is 2.33. The van der Waals surface area contributed by atoms with Gasteiger partial charge in [0.1, 0.15) is 41.5 Å². The molecule has 0 unspecified atom stereocenters. The van der Waals surface area contributed by atoms with E-state index in [1.807, 2.05) is 65.0 Å². The summed E-state index contributed by atoms with van der Waals surface area (Å²) in [5.41, 5.74) is 5.88. The number of nitrogens with one attached hydrogen (secondary N) is 6. The Morgan fingerprint density at radius 2 is 1.42 bits per heavy atom. The summed E-state index contributed by atoms with van der Waals surface area (Å²) < 4.78 is 11.6. The van der Waals surface area contributed by atoms with Crippen molar-refractivity contribution in [2.75, 3.05) is 32.0 Å². The minimum Gasteiger partial charge on any atom is -0.481 e. The fourth-order valence-electron chi connectivity index (χ4n) is 11.1. The van der Waals surface area contributed by atoms with Gasteiger partial charge in [0.25, 0.3) is 17.7 Å². The van der Waals surface area contributed by atoms with Crippen LogP contribution in [0.15, 0.2) is 72.1 Å². The first-order chi connectivity index (χ1) is 45.3. The molecule has 8 atom stereocenters. The number of amides is 11. The minimum atomic E-state index is -1.16. The van der Waals surface area contributed by atoms with Crippen molar-refractivity contribution in [3.63, 3.8) is 0 Å². The van der Waals surface area contributed by atoms with E-state index in [2.05, 4.69) is 36.9 Å². The van der Waals surface area contributed by atoms with Crippen LogP contribution in [-0.4, -0.2) is 159 Å². The van der Waals surface area contributed by atoms with Gasteiger partial charge in [-0.25, -0.2) is 14.6 Å². The maximum Gasteiger partial charge on any atom is 0.410 e. The lowest BCUT2D eigenvalue weighted by molar-refractivity contribution is -0.150. The lowest BCUT2D eigenvalue weighted by Gasteiger charge is -2.40. The number of urea groups is 1. The van der Waals surface area contributed by atoms with E-state index in [0.29, 0.717) is 54.8 Å². The number of hydrogen-bond acceptors (Lipinski definition) is 16. The molecular formula is C69H101N11O15S. The summed E-state index contributed by atoms with van der Waals surface area (Å²) in [5, 5.41) is 28.6. The average molecular weight is 1360 g/mol. The van der Waals surface area contributed by atoms with Gasteiger partial charge < -0.3 is 57.1 Å². The van der Waals surface area contributed by atoms with Gasteiger partial charge in [0.2, 0.25) is 29.5 Å². The van der Waals surface area contributed by atoms with Crippen LogP contribution in [0.25, 0.3) is 0 Å². The fourth-order valence-corrected chi connectivity index (χ4v) is 12.0. The monoisotopic (exact) mass is 1360 g/mol. The van der Waals surface area contributed by atoms with Crippen molar-refractivity contribution in [2.24, 2.45) is 34.8 Å². The largest absolute Gasteiger partial charge is 0.481 e. The summed E-state index contributed by atoms with van der Waals surface area (Å²) >= 11 is 1.11. The zero-order valence-electron chi connectivity index (χ0n) is 57.8. The molecule has 528 valence electrons. The van der Waals surface area contributed by atoms with E-state index >= 15 is 4.79 Å². The molecule has 0 saturated heterocycles. The van der Waals surface area contributed by atoms with Gasteiger partial charge in [-0.3, -0.25) is 57.7 Å². The van der Waals surface area contributed by atoms with Crippen LogP contribution in [0.2, 0.25) is 0 Å². The van der Waals surface area contributed by atoms with Gasteiger partial charge in [0, 0.05) is 81.8 Å². The number of thiazole rings is 1. The van der Waals surface area contributed by atoms with Crippen LogP contribution in [0.3, 0.4) is 0 Å². The molecule has 1 aliphatic rings. The molecule has 9 N–H and O–H groups in total. The quantitative estimate of drug-likeness (QED) is 0.0155. The first kappa shape index (κ1) is 79.7. The van der Waals surface area contributed by atoms with Crippen molar-refractivity contribution in [1.29, 1.82) is 0 Å². The predicted molar refractivity (Wildman–Crippen MR) is 362 cm³/mol. The molecule has 0 spiro atoms. The molecule has 11 amide bonds. The molecule has 0 aliphatic carbocycles. The summed E-state index contributed by atoms with van der Waals surface area (Å²) in [6, 6.07) is 9.54. The topological polar surface area (TPSA) is 364 Å². The number of ether oxygens (including phenoxy) is 2. The van der Waals surface area contributed by atoms with Gasteiger partial charge in [0.15, 0.2) is 6.10 Å². The van der Waals surface area contributed by atoms with Crippen LogP contribution < -0.4 is 37.6 Å². The number of rotatable bonds is 40. The maximum atomic E-state index is 15.2. The molecule has 96 heavy (non-hydrogen) atoms. The molecular weight excluding hydrogens is 1250 g/mol. The molecule has 1 aliphatic heterocycles. The van der Waals surface area contributed by atoms with E-state index in [1.165, 1.54) is 31.0 Å². The van der Waals surface area contributed by atoms with Crippen LogP contribution in [0.4, 0.5) is 15.3 Å². The van der Waals surface area contributed by atoms with E-state index < -0.39 is 113 Å². The van der Waals surface area contributed by atoms with Crippen LogP contribution in [0, 0.1) is 29.1 Å². The Balaban J connectivity index is 1.44. The number of carboxylic acid groups (broad SMARTS) is 1. The van der Waals surface area contributed by atoms with Crippen LogP contribution in [0.1, 0.15) is 180 Å². The molecule has 4 rings (SSSR count). The van der Waals surface area contributed by atoms with E-state index in [4.69, 9.17) is 15.2 Å². The molecule has 0 bridgehead atoms. The number of esters is 1. The third-order valence-corrected chi connectivity index (χ3v) is 17.7. The smallest absolute Gasteiger partial charge is 0.410 e. The van der Waals surface area contributed by atoms with E-state index in [0.717, 1.165) is 21.8 Å². The number of carboxylic acids is 1. The molecule has 1 aromatic heterocycles. The van der Waals surface area contributed by atoms with Gasteiger partial charge in [-0.15, -0.1) is 11.3 Å². The Hall–Kier alpha value is -8.75. The number of aromatic nitrogens is 1. The second-order valence-corrected chi connectivity index (χ2v) is 27.1. The van der Waals surface area contributed by atoms with Gasteiger partial charge in [-0.05, 0) is 106 Å². The Labute approximate surface area is 567 Å². The number of aliphatic carboxylic acids is 1. The minimum absolute atomic E-state index is 0.0469. The number of benzene rings is 2. The predicted octanol–water partition coefficient (Wildman–Crippen LogP) is 7.56. The van der Waals surface area contributed by atoms with E-state index in [-0.39, 0.29) is 93.6 Å². The maximum absolute atomic E-state index is 15.2. The summed E-state index contributed by atoms with van der Waals surface area (Å²) in [6.45, 7) is 21.4. The molecule has 0 radical (unpaired) electrons. The van der Waals surface area contributed by atoms with Crippen LogP contribution >= 0.6 is 11.3 Å². The third kappa shape index (κ3) is 25.1. The summed E-state index contributed by atoms with van der Waals surface area (Å²) in [4.78, 5) is 167. The molecule has 2 aromatic carbocycles. The number of imide groups is 1. The van der Waals surface area contributed by atoms with Gasteiger partial charge in [-0.2, -0.15) is 0 Å². The van der Waals surface area contributed by atoms with Gasteiger partial charge in [0.05, 0.1) is 5.41 Å². The molecule has 0 fully saturated rings. The zero-order chi connectivity index (χ0) is 71.6. The van der Waals surface area contributed by atoms with Crippen LogP contribution in [0.5, 0.6) is 0 Å². The first-order valence-corrected chi connectivity index (χ1v) is 33.9. The lowest BCUT2D eigenvalue weighted by Crippen LogP contribution is -2.59. The average Bonchev–Trinajstić information content (AvgIpc) is 1.29. The Bertz CT molecular complexity index is 3150. The number of unbranched alkanes of at least 4 members (excludes halogenated alkanes) is 2. The molecule has 2 heterocycles. The molecule has 27 heteroatoms. The number of hydrogen-bond donors (Lipinski definition) is 8. The number of anilines is 1. The number of likely N-dealkylation sites (N-methyl/N-ethyl adjacent to an activating group) is 1. The van der Waals surface area contributed by atoms with E-state index in [1.54, 1.807) is 76.1 Å². The molecule has 3 aromatic rings. The first-order valence-electron chi connectivity index (χ1n) is 33.1. The second-order valence-electron chi connectivity index (χ2n) is 26.2. The summed E-state index contributed by atoms with van der Waals surface area (Å²) in [6.07, 6.45) is 4.09. The number of carbonyl (C=O) groups excluding carboxylic acids is 11. The third-order valence-electron chi connectivity index (χ3n) is 16.7. The molecule has 26 nitrogen and oxygen atoms in total. The highest BCUT2D eigenvalue weighted by molar-refractivity contribution is 7.09. The van der Waals surface area contributed by atoms with Gasteiger partial charge in [-0.1, -0.05) is 118 Å². The van der Waals surface area contributed by atoms with E-state index in [9.17, 15) is 57.8 Å². The van der Waals surface area contributed by atoms with Crippen LogP contribution in [-0.2, 0) is 65.7 Å². The lowest BCUT2D eigenvalue weighted by atomic mass is 9.84. The fraction of sp³-hybridized carbons (Fsp3) is 0.580. The highest BCUT2D eigenvalue weighted by atomic mass is 32.1. The number of nitrogens with two attached hydrogens (primary N) is 1. The highest BCUT2D eigenvalue weighted by Gasteiger charge is 2.41. The Kier molecular flexibility index (Phi) is 32.1. The Morgan fingerprint density at radius 3 is 1.99 bits per heavy atom. The zero-order valence-corrected chi connectivity index (χ0v) is 58.6. The summed E-state index contributed by atoms with van der Waals surface area (Å²) in [7, 11) is 1.43. The van der Waals surface area contributed by atoms with Crippen molar-refractivity contribution in [3.05, 3.63) is 94.0 Å². The molecule has 0 saturated carbocycles.